The van der Waals surface area contributed by atoms with Crippen LogP contribution in [0.2, 0.25) is 0 Å². The van der Waals surface area contributed by atoms with E-state index < -0.39 is 5.91 Å². The highest BCUT2D eigenvalue weighted by molar-refractivity contribution is 5.94. The fourth-order valence-electron chi connectivity index (χ4n) is 3.69. The molecule has 1 aliphatic rings. The summed E-state index contributed by atoms with van der Waals surface area (Å²) < 4.78 is 11.8. The lowest BCUT2D eigenvalue weighted by Gasteiger charge is -2.32. The maximum atomic E-state index is 12.9. The van der Waals surface area contributed by atoms with Gasteiger partial charge in [-0.15, -0.1) is 0 Å². The lowest BCUT2D eigenvalue weighted by atomic mass is 10.1. The highest BCUT2D eigenvalue weighted by Gasteiger charge is 2.24. The number of hydrogen-bond donors (Lipinski definition) is 1. The van der Waals surface area contributed by atoms with Crippen LogP contribution >= 0.6 is 0 Å². The van der Waals surface area contributed by atoms with Gasteiger partial charge in [-0.25, -0.2) is 0 Å². The van der Waals surface area contributed by atoms with E-state index in [4.69, 9.17) is 15.2 Å². The molecule has 3 aromatic carbocycles. The first-order valence-electron chi connectivity index (χ1n) is 10.7. The van der Waals surface area contributed by atoms with E-state index in [0.717, 1.165) is 18.4 Å². The number of benzene rings is 3. The Morgan fingerprint density at radius 1 is 0.812 bits per heavy atom. The molecule has 2 N–H and O–H groups in total. The van der Waals surface area contributed by atoms with Crippen LogP contribution in [-0.4, -0.2) is 35.9 Å². The van der Waals surface area contributed by atoms with Gasteiger partial charge < -0.3 is 20.1 Å². The molecule has 0 unspecified atom stereocenters. The Hall–Kier alpha value is -3.64. The number of carbonyl (C=O) groups excluding carboxylic acids is 2. The van der Waals surface area contributed by atoms with Crippen molar-refractivity contribution in [1.82, 2.24) is 4.90 Å². The smallest absolute Gasteiger partial charge is 0.253 e. The molecule has 164 valence electrons. The molecule has 1 saturated heterocycles. The van der Waals surface area contributed by atoms with Crippen LogP contribution in [0.5, 0.6) is 11.5 Å². The molecule has 2 amide bonds. The lowest BCUT2D eigenvalue weighted by Crippen LogP contribution is -2.40. The zero-order valence-corrected chi connectivity index (χ0v) is 17.8. The van der Waals surface area contributed by atoms with Crippen LogP contribution in [0.3, 0.4) is 0 Å². The molecule has 0 bridgehead atoms. The van der Waals surface area contributed by atoms with Crippen LogP contribution < -0.4 is 10.5 Å². The van der Waals surface area contributed by atoms with Gasteiger partial charge in [-0.3, -0.25) is 9.59 Å². The van der Waals surface area contributed by atoms with Gasteiger partial charge in [-0.2, -0.15) is 0 Å². The van der Waals surface area contributed by atoms with Crippen molar-refractivity contribution >= 4 is 11.8 Å². The lowest BCUT2D eigenvalue weighted by molar-refractivity contribution is -0.000382. The molecule has 0 aromatic heterocycles. The van der Waals surface area contributed by atoms with E-state index in [1.165, 1.54) is 0 Å². The van der Waals surface area contributed by atoms with Crippen molar-refractivity contribution in [2.75, 3.05) is 13.1 Å². The summed E-state index contributed by atoms with van der Waals surface area (Å²) >= 11 is 0. The van der Waals surface area contributed by atoms with Crippen LogP contribution in [0.1, 0.15) is 39.1 Å². The van der Waals surface area contributed by atoms with Gasteiger partial charge in [-0.1, -0.05) is 30.3 Å². The Morgan fingerprint density at radius 2 is 1.38 bits per heavy atom. The number of amides is 2. The summed E-state index contributed by atoms with van der Waals surface area (Å²) in [5.74, 6) is 0.739. The number of rotatable bonds is 7. The number of nitrogens with zero attached hydrogens (tertiary/aromatic N) is 1. The Bertz CT molecular complexity index is 1040. The van der Waals surface area contributed by atoms with E-state index in [-0.39, 0.29) is 12.0 Å². The molecule has 0 saturated carbocycles. The van der Waals surface area contributed by atoms with E-state index in [9.17, 15) is 9.59 Å². The molecule has 1 aliphatic heterocycles. The Kier molecular flexibility index (Phi) is 6.82. The fraction of sp³-hybridized carbons (Fsp3) is 0.231. The SMILES string of the molecule is NC(=O)c1ccc(Oc2ccc(C(=O)N3CCC(OCc4ccccc4)CC3)cc2)cc1. The average Bonchev–Trinajstić information content (AvgIpc) is 2.84. The molecule has 1 fully saturated rings. The topological polar surface area (TPSA) is 81.9 Å². The second kappa shape index (κ2) is 10.1. The van der Waals surface area contributed by atoms with Crippen molar-refractivity contribution in [2.24, 2.45) is 5.73 Å². The number of carbonyl (C=O) groups is 2. The Morgan fingerprint density at radius 3 is 1.94 bits per heavy atom. The van der Waals surface area contributed by atoms with E-state index in [0.29, 0.717) is 42.3 Å². The van der Waals surface area contributed by atoms with Gasteiger partial charge in [-0.05, 0) is 66.9 Å². The van der Waals surface area contributed by atoms with Crippen molar-refractivity contribution in [3.05, 3.63) is 95.6 Å². The van der Waals surface area contributed by atoms with Gasteiger partial charge in [0.2, 0.25) is 5.91 Å². The summed E-state index contributed by atoms with van der Waals surface area (Å²) in [4.78, 5) is 25.9. The van der Waals surface area contributed by atoms with E-state index in [1.54, 1.807) is 48.5 Å². The van der Waals surface area contributed by atoms with Crippen molar-refractivity contribution in [1.29, 1.82) is 0 Å². The third kappa shape index (κ3) is 5.53. The summed E-state index contributed by atoms with van der Waals surface area (Å²) in [5, 5.41) is 0. The maximum Gasteiger partial charge on any atom is 0.253 e. The molecule has 0 radical (unpaired) electrons. The number of nitrogens with two attached hydrogens (primary N) is 1. The maximum absolute atomic E-state index is 12.9. The van der Waals surface area contributed by atoms with Gasteiger partial charge in [0.05, 0.1) is 12.7 Å². The first-order valence-corrected chi connectivity index (χ1v) is 10.7. The average molecular weight is 431 g/mol. The zero-order chi connectivity index (χ0) is 22.3. The van der Waals surface area contributed by atoms with Crippen LogP contribution in [0, 0.1) is 0 Å². The number of hydrogen-bond acceptors (Lipinski definition) is 4. The third-order valence-electron chi connectivity index (χ3n) is 5.53. The third-order valence-corrected chi connectivity index (χ3v) is 5.53. The molecule has 6 nitrogen and oxygen atoms in total. The molecule has 6 heteroatoms. The molecule has 32 heavy (non-hydrogen) atoms. The van der Waals surface area contributed by atoms with E-state index >= 15 is 0 Å². The largest absolute Gasteiger partial charge is 0.457 e. The number of likely N-dealkylation sites (tertiary alicyclic amines) is 1. The monoisotopic (exact) mass is 430 g/mol. The van der Waals surface area contributed by atoms with Gasteiger partial charge in [0.25, 0.3) is 5.91 Å². The molecule has 4 rings (SSSR count). The Balaban J connectivity index is 1.27. The number of primary amides is 1. The van der Waals surface area contributed by atoms with E-state index in [1.807, 2.05) is 23.1 Å². The summed E-state index contributed by atoms with van der Waals surface area (Å²) in [7, 11) is 0. The highest BCUT2D eigenvalue weighted by atomic mass is 16.5. The molecule has 1 heterocycles. The van der Waals surface area contributed by atoms with Gasteiger partial charge in [0, 0.05) is 24.2 Å². The normalized spacial score (nSPS) is 14.2. The van der Waals surface area contributed by atoms with Crippen molar-refractivity contribution in [2.45, 2.75) is 25.6 Å². The molecule has 3 aromatic rings. The predicted octanol–water partition coefficient (Wildman–Crippen LogP) is 4.40. The summed E-state index contributed by atoms with van der Waals surface area (Å²) in [6.07, 6.45) is 1.85. The minimum atomic E-state index is -0.480. The quantitative estimate of drug-likeness (QED) is 0.602. The van der Waals surface area contributed by atoms with Crippen LogP contribution in [0.15, 0.2) is 78.9 Å². The highest BCUT2D eigenvalue weighted by Crippen LogP contribution is 2.23. The van der Waals surface area contributed by atoms with Crippen molar-refractivity contribution in [3.8, 4) is 11.5 Å². The first kappa shape index (κ1) is 21.6. The van der Waals surface area contributed by atoms with Crippen molar-refractivity contribution < 1.29 is 19.1 Å². The summed E-state index contributed by atoms with van der Waals surface area (Å²) in [6.45, 7) is 1.97. The van der Waals surface area contributed by atoms with Gasteiger partial charge in [0.1, 0.15) is 11.5 Å². The van der Waals surface area contributed by atoms with Gasteiger partial charge >= 0.3 is 0 Å². The molecular weight excluding hydrogens is 404 g/mol. The summed E-state index contributed by atoms with van der Waals surface area (Å²) in [5.41, 5.74) is 7.46. The molecule has 0 atom stereocenters. The summed E-state index contributed by atoms with van der Waals surface area (Å²) in [6, 6.07) is 23.8. The van der Waals surface area contributed by atoms with Crippen LogP contribution in [-0.2, 0) is 11.3 Å². The van der Waals surface area contributed by atoms with Crippen LogP contribution in [0.4, 0.5) is 0 Å². The minimum absolute atomic E-state index is 0.0175. The molecule has 0 spiro atoms. The second-order valence-corrected chi connectivity index (χ2v) is 7.80. The zero-order valence-electron chi connectivity index (χ0n) is 17.8. The Labute approximate surface area is 187 Å². The fourth-order valence-corrected chi connectivity index (χ4v) is 3.69. The standard InChI is InChI=1S/C26H26N2O4/c27-25(29)20-6-10-23(11-7-20)32-24-12-8-21(9-13-24)26(30)28-16-14-22(15-17-28)31-18-19-4-2-1-3-5-19/h1-13,22H,14-18H2,(H2,27,29). The molecular formula is C26H26N2O4. The number of piperidine rings is 1. The van der Waals surface area contributed by atoms with Gasteiger partial charge in [0.15, 0.2) is 0 Å². The first-order chi connectivity index (χ1) is 15.6. The van der Waals surface area contributed by atoms with E-state index in [2.05, 4.69) is 12.1 Å². The van der Waals surface area contributed by atoms with Crippen molar-refractivity contribution in [3.63, 3.8) is 0 Å². The predicted molar refractivity (Wildman–Crippen MR) is 122 cm³/mol. The minimum Gasteiger partial charge on any atom is -0.457 e. The molecule has 0 aliphatic carbocycles. The second-order valence-electron chi connectivity index (χ2n) is 7.80. The van der Waals surface area contributed by atoms with Crippen LogP contribution in [0.25, 0.3) is 0 Å². The number of ether oxygens (including phenoxy) is 2.